The van der Waals surface area contributed by atoms with Gasteiger partial charge in [0.05, 0.1) is 6.61 Å². The van der Waals surface area contributed by atoms with Crippen molar-refractivity contribution in [2.45, 2.75) is 26.4 Å². The summed E-state index contributed by atoms with van der Waals surface area (Å²) in [4.78, 5) is 0. The Labute approximate surface area is 122 Å². The highest BCUT2D eigenvalue weighted by atomic mass is 79.9. The quantitative estimate of drug-likeness (QED) is 0.871. The number of aliphatic hydroxyl groups is 1. The largest absolute Gasteiger partial charge is 0.457 e. The second kappa shape index (κ2) is 6.22. The molecule has 0 atom stereocenters. The number of hydrogen-bond donors (Lipinski definition) is 1. The van der Waals surface area contributed by atoms with Crippen molar-refractivity contribution in [2.24, 2.45) is 0 Å². The van der Waals surface area contributed by atoms with E-state index < -0.39 is 0 Å². The average Bonchev–Trinajstić information content (AvgIpc) is 2.41. The Kier molecular flexibility index (Phi) is 4.61. The maximum Gasteiger partial charge on any atom is 0.133 e. The molecule has 0 saturated carbocycles. The predicted molar refractivity (Wildman–Crippen MR) is 80.7 cm³/mol. The molecule has 3 heteroatoms. The molecular formula is C16H17BrO2. The van der Waals surface area contributed by atoms with Gasteiger partial charge in [-0.05, 0) is 41.8 Å². The molecule has 19 heavy (non-hydrogen) atoms. The van der Waals surface area contributed by atoms with Crippen LogP contribution in [0.4, 0.5) is 0 Å². The van der Waals surface area contributed by atoms with E-state index in [1.165, 1.54) is 5.56 Å². The van der Waals surface area contributed by atoms with Gasteiger partial charge in [-0.3, -0.25) is 0 Å². The zero-order valence-electron chi connectivity index (χ0n) is 11.1. The van der Waals surface area contributed by atoms with Crippen LogP contribution in [0, 0.1) is 0 Å². The van der Waals surface area contributed by atoms with Crippen LogP contribution in [-0.4, -0.2) is 5.11 Å². The van der Waals surface area contributed by atoms with Crippen molar-refractivity contribution >= 4 is 15.9 Å². The highest BCUT2D eigenvalue weighted by Crippen LogP contribution is 2.29. The molecule has 0 heterocycles. The normalized spacial score (nSPS) is 10.8. The lowest BCUT2D eigenvalue weighted by atomic mass is 10.0. The highest BCUT2D eigenvalue weighted by Gasteiger charge is 2.06. The van der Waals surface area contributed by atoms with Gasteiger partial charge >= 0.3 is 0 Å². The van der Waals surface area contributed by atoms with E-state index in [-0.39, 0.29) is 6.61 Å². The van der Waals surface area contributed by atoms with Gasteiger partial charge in [0, 0.05) is 10.0 Å². The number of ether oxygens (including phenoxy) is 1. The van der Waals surface area contributed by atoms with Crippen molar-refractivity contribution in [3.63, 3.8) is 0 Å². The summed E-state index contributed by atoms with van der Waals surface area (Å²) in [6.07, 6.45) is 0. The van der Waals surface area contributed by atoms with Crippen LogP contribution in [-0.2, 0) is 6.61 Å². The molecule has 0 saturated heterocycles. The number of aliphatic hydroxyl groups excluding tert-OH is 1. The van der Waals surface area contributed by atoms with Gasteiger partial charge in [-0.2, -0.15) is 0 Å². The minimum absolute atomic E-state index is 0.0430. The Hall–Kier alpha value is -1.32. The van der Waals surface area contributed by atoms with Crippen molar-refractivity contribution in [1.29, 1.82) is 0 Å². The SMILES string of the molecule is CC(C)c1cccc(Oc2ccc(Br)cc2CO)c1. The van der Waals surface area contributed by atoms with Crippen molar-refractivity contribution in [2.75, 3.05) is 0 Å². The molecule has 0 aliphatic heterocycles. The minimum Gasteiger partial charge on any atom is -0.457 e. The molecular weight excluding hydrogens is 304 g/mol. The molecule has 2 rings (SSSR count). The first-order valence-electron chi connectivity index (χ1n) is 6.27. The maximum atomic E-state index is 9.36. The lowest BCUT2D eigenvalue weighted by Gasteiger charge is -2.12. The Morgan fingerprint density at radius 2 is 1.95 bits per heavy atom. The molecule has 0 amide bonds. The number of hydrogen-bond acceptors (Lipinski definition) is 2. The first-order valence-corrected chi connectivity index (χ1v) is 7.06. The molecule has 2 aromatic rings. The fourth-order valence-corrected chi connectivity index (χ4v) is 2.24. The molecule has 0 fully saturated rings. The van der Waals surface area contributed by atoms with E-state index in [0.29, 0.717) is 11.7 Å². The Bertz CT molecular complexity index is 564. The molecule has 0 bridgehead atoms. The van der Waals surface area contributed by atoms with E-state index in [0.717, 1.165) is 15.8 Å². The second-order valence-corrected chi connectivity index (χ2v) is 5.66. The van der Waals surface area contributed by atoms with Gasteiger partial charge in [-0.1, -0.05) is 41.9 Å². The summed E-state index contributed by atoms with van der Waals surface area (Å²) in [5.41, 5.74) is 2.00. The highest BCUT2D eigenvalue weighted by molar-refractivity contribution is 9.10. The number of halogens is 1. The lowest BCUT2D eigenvalue weighted by molar-refractivity contribution is 0.276. The van der Waals surface area contributed by atoms with Gasteiger partial charge in [0.1, 0.15) is 11.5 Å². The van der Waals surface area contributed by atoms with E-state index in [4.69, 9.17) is 4.74 Å². The Morgan fingerprint density at radius 3 is 2.63 bits per heavy atom. The summed E-state index contributed by atoms with van der Waals surface area (Å²) in [5, 5.41) is 9.36. The monoisotopic (exact) mass is 320 g/mol. The molecule has 0 radical (unpaired) electrons. The van der Waals surface area contributed by atoms with E-state index in [1.54, 1.807) is 0 Å². The Balaban J connectivity index is 2.28. The van der Waals surface area contributed by atoms with Gasteiger partial charge in [-0.25, -0.2) is 0 Å². The molecule has 2 nitrogen and oxygen atoms in total. The number of benzene rings is 2. The second-order valence-electron chi connectivity index (χ2n) is 4.74. The fourth-order valence-electron chi connectivity index (χ4n) is 1.84. The van der Waals surface area contributed by atoms with Crippen LogP contribution >= 0.6 is 15.9 Å². The summed E-state index contributed by atoms with van der Waals surface area (Å²) in [6, 6.07) is 13.7. The van der Waals surface area contributed by atoms with E-state index in [1.807, 2.05) is 36.4 Å². The van der Waals surface area contributed by atoms with Crippen molar-refractivity contribution in [1.82, 2.24) is 0 Å². The van der Waals surface area contributed by atoms with Crippen LogP contribution in [0.2, 0.25) is 0 Å². The zero-order chi connectivity index (χ0) is 13.8. The number of rotatable bonds is 4. The molecule has 0 unspecified atom stereocenters. The summed E-state index contributed by atoms with van der Waals surface area (Å²) in [7, 11) is 0. The molecule has 0 aliphatic rings. The van der Waals surface area contributed by atoms with Crippen molar-refractivity contribution in [3.8, 4) is 11.5 Å². The van der Waals surface area contributed by atoms with Crippen LogP contribution in [0.3, 0.4) is 0 Å². The van der Waals surface area contributed by atoms with Gasteiger partial charge in [-0.15, -0.1) is 0 Å². The van der Waals surface area contributed by atoms with Gasteiger partial charge in [0.2, 0.25) is 0 Å². The molecule has 2 aromatic carbocycles. The van der Waals surface area contributed by atoms with E-state index in [2.05, 4.69) is 35.8 Å². The van der Waals surface area contributed by atoms with Crippen molar-refractivity contribution < 1.29 is 9.84 Å². The third-order valence-corrected chi connectivity index (χ3v) is 3.44. The van der Waals surface area contributed by atoms with Crippen LogP contribution in [0.15, 0.2) is 46.9 Å². The summed E-state index contributed by atoms with van der Waals surface area (Å²) < 4.78 is 6.80. The maximum absolute atomic E-state index is 9.36. The van der Waals surface area contributed by atoms with E-state index in [9.17, 15) is 5.11 Å². The smallest absolute Gasteiger partial charge is 0.133 e. The predicted octanol–water partition coefficient (Wildman–Crippen LogP) is 4.86. The lowest BCUT2D eigenvalue weighted by Crippen LogP contribution is -1.93. The topological polar surface area (TPSA) is 29.5 Å². The van der Waals surface area contributed by atoms with Gasteiger partial charge in [0.15, 0.2) is 0 Å². The zero-order valence-corrected chi connectivity index (χ0v) is 12.6. The molecule has 100 valence electrons. The first-order chi connectivity index (χ1) is 9.10. The van der Waals surface area contributed by atoms with Crippen LogP contribution in [0.1, 0.15) is 30.9 Å². The minimum atomic E-state index is -0.0430. The van der Waals surface area contributed by atoms with Crippen LogP contribution < -0.4 is 4.74 Å². The third-order valence-electron chi connectivity index (χ3n) is 2.95. The average molecular weight is 321 g/mol. The van der Waals surface area contributed by atoms with Crippen molar-refractivity contribution in [3.05, 3.63) is 58.1 Å². The molecule has 0 spiro atoms. The van der Waals surface area contributed by atoms with Gasteiger partial charge in [0.25, 0.3) is 0 Å². The molecule has 1 N–H and O–H groups in total. The Morgan fingerprint density at radius 1 is 1.16 bits per heavy atom. The van der Waals surface area contributed by atoms with Gasteiger partial charge < -0.3 is 9.84 Å². The van der Waals surface area contributed by atoms with Crippen LogP contribution in [0.25, 0.3) is 0 Å². The molecule has 0 aliphatic carbocycles. The third kappa shape index (κ3) is 3.58. The summed E-state index contributed by atoms with van der Waals surface area (Å²) >= 11 is 3.39. The van der Waals surface area contributed by atoms with E-state index >= 15 is 0 Å². The van der Waals surface area contributed by atoms with Crippen LogP contribution in [0.5, 0.6) is 11.5 Å². The first kappa shape index (κ1) is 14.1. The summed E-state index contributed by atoms with van der Waals surface area (Å²) in [5.74, 6) is 1.95. The molecule has 0 aromatic heterocycles. The summed E-state index contributed by atoms with van der Waals surface area (Å²) in [6.45, 7) is 4.26. The fraction of sp³-hybridized carbons (Fsp3) is 0.250. The standard InChI is InChI=1S/C16H17BrO2/c1-11(2)12-4-3-5-15(9-12)19-16-7-6-14(17)8-13(16)10-18/h3-9,11,18H,10H2,1-2H3.